The third kappa shape index (κ3) is 2.42. The van der Waals surface area contributed by atoms with Crippen LogP contribution in [0.1, 0.15) is 25.0 Å². The molecule has 94 valence electrons. The van der Waals surface area contributed by atoms with Gasteiger partial charge < -0.3 is 5.32 Å². The van der Waals surface area contributed by atoms with Crippen LogP contribution in [0.4, 0.5) is 5.69 Å². The Balaban J connectivity index is 2.07. The number of primary sulfonamides is 1. The third-order valence-corrected chi connectivity index (χ3v) is 5.14. The van der Waals surface area contributed by atoms with E-state index in [1.807, 2.05) is 19.1 Å². The molecule has 3 N–H and O–H groups in total. The first-order valence-electron chi connectivity index (χ1n) is 5.62. The molecule has 1 fully saturated rings. The molecule has 0 saturated heterocycles. The molecular formula is C11H17N3O2S. The molecule has 5 nitrogen and oxygen atoms in total. The van der Waals surface area contributed by atoms with Crippen LogP contribution in [0.15, 0.2) is 18.3 Å². The number of pyridine rings is 1. The van der Waals surface area contributed by atoms with Crippen LogP contribution in [-0.4, -0.2) is 24.7 Å². The summed E-state index contributed by atoms with van der Waals surface area (Å²) in [4.78, 5) is 4.08. The normalized spacial score (nSPS) is 18.5. The van der Waals surface area contributed by atoms with Gasteiger partial charge in [-0.1, -0.05) is 6.42 Å². The minimum atomic E-state index is -3.49. The molecule has 1 aliphatic rings. The lowest BCUT2D eigenvalue weighted by Gasteiger charge is -2.39. The van der Waals surface area contributed by atoms with Crippen molar-refractivity contribution in [2.45, 2.75) is 30.9 Å². The highest BCUT2D eigenvalue weighted by Crippen LogP contribution is 2.38. The van der Waals surface area contributed by atoms with Crippen molar-refractivity contribution in [1.82, 2.24) is 4.98 Å². The Morgan fingerprint density at radius 1 is 1.53 bits per heavy atom. The highest BCUT2D eigenvalue weighted by Gasteiger charge is 2.46. The number of nitrogens with one attached hydrogen (secondary N) is 1. The Morgan fingerprint density at radius 3 is 2.71 bits per heavy atom. The summed E-state index contributed by atoms with van der Waals surface area (Å²) in [7, 11) is -3.49. The van der Waals surface area contributed by atoms with E-state index < -0.39 is 14.8 Å². The summed E-state index contributed by atoms with van der Waals surface area (Å²) in [6.07, 6.45) is 3.90. The van der Waals surface area contributed by atoms with Crippen LogP contribution in [0.25, 0.3) is 0 Å². The second kappa shape index (κ2) is 4.27. The maximum absolute atomic E-state index is 11.5. The maximum atomic E-state index is 11.5. The number of hydrogen-bond donors (Lipinski definition) is 2. The van der Waals surface area contributed by atoms with Gasteiger partial charge in [-0.25, -0.2) is 13.6 Å². The molecule has 1 saturated carbocycles. The van der Waals surface area contributed by atoms with Crippen molar-refractivity contribution in [3.63, 3.8) is 0 Å². The largest absolute Gasteiger partial charge is 0.383 e. The Labute approximate surface area is 101 Å². The molecule has 2 rings (SSSR count). The molecule has 0 radical (unpaired) electrons. The number of aryl methyl sites for hydroxylation is 1. The van der Waals surface area contributed by atoms with Gasteiger partial charge in [0.2, 0.25) is 10.0 Å². The lowest BCUT2D eigenvalue weighted by molar-refractivity contribution is 0.351. The molecule has 0 unspecified atom stereocenters. The topological polar surface area (TPSA) is 85.1 Å². The van der Waals surface area contributed by atoms with E-state index in [1.54, 1.807) is 6.20 Å². The fourth-order valence-corrected chi connectivity index (χ4v) is 3.18. The van der Waals surface area contributed by atoms with Crippen molar-refractivity contribution < 1.29 is 8.42 Å². The van der Waals surface area contributed by atoms with Crippen molar-refractivity contribution in [2.75, 3.05) is 11.9 Å². The van der Waals surface area contributed by atoms with Crippen molar-refractivity contribution >= 4 is 15.7 Å². The number of aromatic nitrogens is 1. The van der Waals surface area contributed by atoms with Gasteiger partial charge in [0.25, 0.3) is 0 Å². The van der Waals surface area contributed by atoms with E-state index in [2.05, 4.69) is 10.3 Å². The van der Waals surface area contributed by atoms with Gasteiger partial charge in [0.15, 0.2) is 0 Å². The van der Waals surface area contributed by atoms with E-state index in [4.69, 9.17) is 5.14 Å². The SMILES string of the molecule is Cc1cc(NCC2(S(N)(=O)=O)CCC2)ccn1. The predicted octanol–water partition coefficient (Wildman–Crippen LogP) is 1.01. The van der Waals surface area contributed by atoms with Crippen LogP contribution in [0.3, 0.4) is 0 Å². The van der Waals surface area contributed by atoms with Crippen molar-refractivity contribution in [3.05, 3.63) is 24.0 Å². The summed E-state index contributed by atoms with van der Waals surface area (Å²) >= 11 is 0. The highest BCUT2D eigenvalue weighted by atomic mass is 32.2. The molecule has 0 amide bonds. The highest BCUT2D eigenvalue weighted by molar-refractivity contribution is 7.90. The summed E-state index contributed by atoms with van der Waals surface area (Å²) in [5.41, 5.74) is 1.78. The maximum Gasteiger partial charge on any atom is 0.216 e. The molecule has 6 heteroatoms. The fraction of sp³-hybridized carbons (Fsp3) is 0.545. The van der Waals surface area contributed by atoms with Gasteiger partial charge in [0.05, 0.1) is 0 Å². The van der Waals surface area contributed by atoms with E-state index in [-0.39, 0.29) is 0 Å². The molecule has 0 atom stereocenters. The lowest BCUT2D eigenvalue weighted by Crippen LogP contribution is -2.53. The molecule has 17 heavy (non-hydrogen) atoms. The summed E-state index contributed by atoms with van der Waals surface area (Å²) in [5, 5.41) is 8.43. The molecule has 1 aliphatic carbocycles. The first-order chi connectivity index (χ1) is 7.93. The molecule has 0 bridgehead atoms. The van der Waals surface area contributed by atoms with Crippen LogP contribution in [0.5, 0.6) is 0 Å². The van der Waals surface area contributed by atoms with Crippen molar-refractivity contribution in [2.24, 2.45) is 5.14 Å². The Hall–Kier alpha value is -1.14. The molecular weight excluding hydrogens is 238 g/mol. The van der Waals surface area contributed by atoms with Gasteiger partial charge >= 0.3 is 0 Å². The fourth-order valence-electron chi connectivity index (χ4n) is 2.05. The molecule has 1 heterocycles. The zero-order valence-electron chi connectivity index (χ0n) is 9.81. The predicted molar refractivity (Wildman–Crippen MR) is 67.2 cm³/mol. The summed E-state index contributed by atoms with van der Waals surface area (Å²) in [6, 6.07) is 3.71. The molecule has 1 aromatic heterocycles. The van der Waals surface area contributed by atoms with E-state index in [9.17, 15) is 8.42 Å². The standard InChI is InChI=1S/C11H17N3O2S/c1-9-7-10(3-6-13-9)14-8-11(4-2-5-11)17(12,15)16/h3,6-7H,2,4-5,8H2,1H3,(H,13,14)(H2,12,15,16). The van der Waals surface area contributed by atoms with Crippen LogP contribution < -0.4 is 10.5 Å². The summed E-state index contributed by atoms with van der Waals surface area (Å²) in [6.45, 7) is 2.26. The summed E-state index contributed by atoms with van der Waals surface area (Å²) in [5.74, 6) is 0. The monoisotopic (exact) mass is 255 g/mol. The number of anilines is 1. The smallest absolute Gasteiger partial charge is 0.216 e. The van der Waals surface area contributed by atoms with E-state index >= 15 is 0 Å². The van der Waals surface area contributed by atoms with Crippen LogP contribution in [0.2, 0.25) is 0 Å². The van der Waals surface area contributed by atoms with Gasteiger partial charge in [0, 0.05) is 24.1 Å². The number of rotatable bonds is 4. The number of nitrogens with zero attached hydrogens (tertiary/aromatic N) is 1. The lowest BCUT2D eigenvalue weighted by atomic mass is 9.84. The molecule has 1 aromatic rings. The second-order valence-corrected chi connectivity index (χ2v) is 6.58. The Bertz CT molecular complexity index is 509. The first kappa shape index (κ1) is 12.3. The number of nitrogens with two attached hydrogens (primary N) is 1. The third-order valence-electron chi connectivity index (χ3n) is 3.38. The van der Waals surface area contributed by atoms with E-state index in [1.165, 1.54) is 0 Å². The Kier molecular flexibility index (Phi) is 3.09. The summed E-state index contributed by atoms with van der Waals surface area (Å²) < 4.78 is 22.3. The van der Waals surface area contributed by atoms with Gasteiger partial charge in [-0.3, -0.25) is 4.98 Å². The van der Waals surface area contributed by atoms with Crippen LogP contribution >= 0.6 is 0 Å². The van der Waals surface area contributed by atoms with Gasteiger partial charge in [-0.15, -0.1) is 0 Å². The minimum Gasteiger partial charge on any atom is -0.383 e. The van der Waals surface area contributed by atoms with E-state index in [0.29, 0.717) is 19.4 Å². The molecule has 0 aromatic carbocycles. The quantitative estimate of drug-likeness (QED) is 0.841. The van der Waals surface area contributed by atoms with Gasteiger partial charge in [-0.2, -0.15) is 0 Å². The molecule has 0 spiro atoms. The van der Waals surface area contributed by atoms with Crippen molar-refractivity contribution in [3.8, 4) is 0 Å². The number of sulfonamides is 1. The van der Waals surface area contributed by atoms with Crippen LogP contribution in [-0.2, 0) is 10.0 Å². The second-order valence-electron chi connectivity index (χ2n) is 4.62. The first-order valence-corrected chi connectivity index (χ1v) is 7.16. The van der Waals surface area contributed by atoms with Gasteiger partial charge in [-0.05, 0) is 31.9 Å². The van der Waals surface area contributed by atoms with Crippen molar-refractivity contribution in [1.29, 1.82) is 0 Å². The zero-order valence-corrected chi connectivity index (χ0v) is 10.6. The van der Waals surface area contributed by atoms with E-state index in [0.717, 1.165) is 17.8 Å². The van der Waals surface area contributed by atoms with Crippen LogP contribution in [0, 0.1) is 6.92 Å². The zero-order chi connectivity index (χ0) is 12.5. The number of hydrogen-bond acceptors (Lipinski definition) is 4. The molecule has 0 aliphatic heterocycles. The average Bonchev–Trinajstić information content (AvgIpc) is 2.13. The Morgan fingerprint density at radius 2 is 2.24 bits per heavy atom. The van der Waals surface area contributed by atoms with Gasteiger partial charge in [0.1, 0.15) is 4.75 Å². The average molecular weight is 255 g/mol. The minimum absolute atomic E-state index is 0.370.